The van der Waals surface area contributed by atoms with Crippen molar-refractivity contribution in [1.29, 1.82) is 0 Å². The lowest BCUT2D eigenvalue weighted by Gasteiger charge is -2.28. The van der Waals surface area contributed by atoms with Crippen LogP contribution < -0.4 is 5.32 Å². The minimum atomic E-state index is 0.265. The lowest BCUT2D eigenvalue weighted by atomic mass is 9.93. The van der Waals surface area contributed by atoms with Crippen molar-refractivity contribution in [1.82, 2.24) is 15.2 Å². The molecule has 2 rings (SSSR count). The molecule has 0 radical (unpaired) electrons. The Morgan fingerprint density at radius 3 is 2.65 bits per heavy atom. The van der Waals surface area contributed by atoms with Crippen LogP contribution in [-0.4, -0.2) is 37.1 Å². The molecule has 3 heteroatoms. The molecule has 0 unspecified atom stereocenters. The van der Waals surface area contributed by atoms with Gasteiger partial charge in [-0.15, -0.1) is 0 Å². The molecule has 1 aromatic carbocycles. The van der Waals surface area contributed by atoms with Crippen LogP contribution in [-0.2, 0) is 6.54 Å². The monoisotopic (exact) mass is 271 g/mol. The molecule has 1 aromatic heterocycles. The largest absolute Gasteiger partial charge is 0.312 e. The van der Waals surface area contributed by atoms with Crippen LogP contribution in [0.4, 0.5) is 0 Å². The number of para-hydroxylation sites is 1. The molecule has 0 fully saturated rings. The number of fused-ring (bicyclic) bond motifs is 1. The van der Waals surface area contributed by atoms with Crippen LogP contribution in [0, 0.1) is 5.41 Å². The summed E-state index contributed by atoms with van der Waals surface area (Å²) in [5.74, 6) is 0. The van der Waals surface area contributed by atoms with Gasteiger partial charge in [0.1, 0.15) is 0 Å². The molecule has 0 atom stereocenters. The molecule has 0 saturated carbocycles. The van der Waals surface area contributed by atoms with Crippen molar-refractivity contribution in [3.05, 3.63) is 42.1 Å². The van der Waals surface area contributed by atoms with Gasteiger partial charge in [-0.1, -0.05) is 38.1 Å². The molecule has 0 aliphatic carbocycles. The zero-order chi connectivity index (χ0) is 14.6. The second kappa shape index (κ2) is 6.33. The number of nitrogens with one attached hydrogen (secondary N) is 1. The number of nitrogens with zero attached hydrogens (tertiary/aromatic N) is 2. The summed E-state index contributed by atoms with van der Waals surface area (Å²) < 4.78 is 0. The van der Waals surface area contributed by atoms with Crippen molar-refractivity contribution in [2.45, 2.75) is 20.4 Å². The Labute approximate surface area is 122 Å². The third kappa shape index (κ3) is 4.02. The van der Waals surface area contributed by atoms with Crippen LogP contribution in [0.25, 0.3) is 10.9 Å². The molecule has 0 amide bonds. The van der Waals surface area contributed by atoms with Gasteiger partial charge in [0.25, 0.3) is 0 Å². The quantitative estimate of drug-likeness (QED) is 0.875. The summed E-state index contributed by atoms with van der Waals surface area (Å²) in [5, 5.41) is 4.78. The van der Waals surface area contributed by atoms with Gasteiger partial charge in [-0.05, 0) is 31.1 Å². The van der Waals surface area contributed by atoms with Gasteiger partial charge >= 0.3 is 0 Å². The zero-order valence-corrected chi connectivity index (χ0v) is 13.0. The van der Waals surface area contributed by atoms with Gasteiger partial charge in [0.05, 0.1) is 5.52 Å². The minimum Gasteiger partial charge on any atom is -0.312 e. The van der Waals surface area contributed by atoms with E-state index in [2.05, 4.69) is 67.4 Å². The molecule has 0 bridgehead atoms. The number of aromatic nitrogens is 1. The van der Waals surface area contributed by atoms with E-state index in [1.807, 2.05) is 12.3 Å². The first-order valence-electron chi connectivity index (χ1n) is 7.16. The van der Waals surface area contributed by atoms with Gasteiger partial charge in [-0.3, -0.25) is 4.98 Å². The average Bonchev–Trinajstić information content (AvgIpc) is 2.37. The van der Waals surface area contributed by atoms with Crippen LogP contribution >= 0.6 is 0 Å². The summed E-state index contributed by atoms with van der Waals surface area (Å²) in [6.45, 7) is 7.52. The van der Waals surface area contributed by atoms with E-state index in [1.165, 1.54) is 10.9 Å². The lowest BCUT2D eigenvalue weighted by molar-refractivity contribution is 0.232. The topological polar surface area (TPSA) is 28.2 Å². The third-order valence-corrected chi connectivity index (χ3v) is 3.38. The van der Waals surface area contributed by atoms with Gasteiger partial charge in [-0.25, -0.2) is 0 Å². The van der Waals surface area contributed by atoms with Crippen molar-refractivity contribution in [3.63, 3.8) is 0 Å². The van der Waals surface area contributed by atoms with E-state index in [0.717, 1.165) is 25.2 Å². The Kier molecular flexibility index (Phi) is 4.73. The Morgan fingerprint density at radius 1 is 1.15 bits per heavy atom. The Balaban J connectivity index is 2.00. The van der Waals surface area contributed by atoms with Crippen molar-refractivity contribution in [2.75, 3.05) is 27.2 Å². The SMILES string of the molecule is CN(C)CC(C)(C)CNCc1cccc2cccnc12. The van der Waals surface area contributed by atoms with Gasteiger partial charge in [0, 0.05) is 31.2 Å². The fourth-order valence-corrected chi connectivity index (χ4v) is 2.76. The second-order valence-electron chi connectivity index (χ2n) is 6.50. The third-order valence-electron chi connectivity index (χ3n) is 3.38. The van der Waals surface area contributed by atoms with Crippen molar-refractivity contribution >= 4 is 10.9 Å². The van der Waals surface area contributed by atoms with Crippen LogP contribution in [0.1, 0.15) is 19.4 Å². The molecule has 0 aliphatic rings. The minimum absolute atomic E-state index is 0.265. The second-order valence-corrected chi connectivity index (χ2v) is 6.50. The lowest BCUT2D eigenvalue weighted by Crippen LogP contribution is -2.37. The average molecular weight is 271 g/mol. The van der Waals surface area contributed by atoms with Gasteiger partial charge < -0.3 is 10.2 Å². The van der Waals surface area contributed by atoms with Crippen molar-refractivity contribution in [2.24, 2.45) is 5.41 Å². The maximum atomic E-state index is 4.50. The van der Waals surface area contributed by atoms with Crippen LogP contribution in [0.15, 0.2) is 36.5 Å². The van der Waals surface area contributed by atoms with Gasteiger partial charge in [-0.2, -0.15) is 0 Å². The number of benzene rings is 1. The summed E-state index contributed by atoms with van der Waals surface area (Å²) in [6, 6.07) is 10.5. The first-order valence-corrected chi connectivity index (χ1v) is 7.16. The maximum Gasteiger partial charge on any atom is 0.0746 e. The standard InChI is InChI=1S/C17H25N3/c1-17(2,13-20(3)4)12-18-11-15-8-5-7-14-9-6-10-19-16(14)15/h5-10,18H,11-13H2,1-4H3. The highest BCUT2D eigenvalue weighted by atomic mass is 15.1. The van der Waals surface area contributed by atoms with E-state index >= 15 is 0 Å². The molecule has 1 heterocycles. The van der Waals surface area contributed by atoms with Crippen LogP contribution in [0.2, 0.25) is 0 Å². The molecular weight excluding hydrogens is 246 g/mol. The van der Waals surface area contributed by atoms with E-state index in [9.17, 15) is 0 Å². The van der Waals surface area contributed by atoms with Crippen molar-refractivity contribution < 1.29 is 0 Å². The van der Waals surface area contributed by atoms with E-state index in [-0.39, 0.29) is 5.41 Å². The van der Waals surface area contributed by atoms with E-state index in [1.54, 1.807) is 0 Å². The number of pyridine rings is 1. The zero-order valence-electron chi connectivity index (χ0n) is 13.0. The summed E-state index contributed by atoms with van der Waals surface area (Å²) in [4.78, 5) is 6.73. The van der Waals surface area contributed by atoms with Gasteiger partial charge in [0.2, 0.25) is 0 Å². The van der Waals surface area contributed by atoms with E-state index in [0.29, 0.717) is 0 Å². The summed E-state index contributed by atoms with van der Waals surface area (Å²) in [7, 11) is 4.24. The molecule has 1 N–H and O–H groups in total. The highest BCUT2D eigenvalue weighted by Crippen LogP contribution is 2.17. The Morgan fingerprint density at radius 2 is 1.90 bits per heavy atom. The Hall–Kier alpha value is -1.45. The van der Waals surface area contributed by atoms with E-state index < -0.39 is 0 Å². The highest BCUT2D eigenvalue weighted by Gasteiger charge is 2.18. The molecule has 0 saturated heterocycles. The number of rotatable bonds is 6. The van der Waals surface area contributed by atoms with E-state index in [4.69, 9.17) is 0 Å². The first-order chi connectivity index (χ1) is 9.48. The summed E-state index contributed by atoms with van der Waals surface area (Å²) >= 11 is 0. The molecule has 0 spiro atoms. The molecule has 20 heavy (non-hydrogen) atoms. The fraction of sp³-hybridized carbons (Fsp3) is 0.471. The molecule has 108 valence electrons. The first kappa shape index (κ1) is 14.9. The predicted molar refractivity (Wildman–Crippen MR) is 85.8 cm³/mol. The Bertz CT molecular complexity index is 556. The fourth-order valence-electron chi connectivity index (χ4n) is 2.76. The predicted octanol–water partition coefficient (Wildman–Crippen LogP) is 2.91. The maximum absolute atomic E-state index is 4.50. The molecule has 2 aromatic rings. The normalized spacial score (nSPS) is 12.2. The highest BCUT2D eigenvalue weighted by molar-refractivity contribution is 5.81. The summed E-state index contributed by atoms with van der Waals surface area (Å²) in [5.41, 5.74) is 2.64. The van der Waals surface area contributed by atoms with Crippen LogP contribution in [0.5, 0.6) is 0 Å². The van der Waals surface area contributed by atoms with Crippen molar-refractivity contribution in [3.8, 4) is 0 Å². The molecule has 0 aliphatic heterocycles. The summed E-state index contributed by atoms with van der Waals surface area (Å²) in [6.07, 6.45) is 1.86. The molecular formula is C17H25N3. The number of hydrogen-bond donors (Lipinski definition) is 1. The number of hydrogen-bond acceptors (Lipinski definition) is 3. The molecule has 3 nitrogen and oxygen atoms in total. The smallest absolute Gasteiger partial charge is 0.0746 e. The van der Waals surface area contributed by atoms with Gasteiger partial charge in [0.15, 0.2) is 0 Å². The van der Waals surface area contributed by atoms with Crippen LogP contribution in [0.3, 0.4) is 0 Å².